The number of aromatic hydroxyl groups is 3. The molecule has 3 nitrogen and oxygen atoms in total. The average Bonchev–Trinajstić information content (AvgIpc) is 2.97. The smallest absolute Gasteiger partial charge is 0.115 e. The lowest BCUT2D eigenvalue weighted by Crippen LogP contribution is -1.91. The summed E-state index contributed by atoms with van der Waals surface area (Å²) in [4.78, 5) is 0. The molecule has 0 atom stereocenters. The Labute approximate surface area is 239 Å². The predicted octanol–water partition coefficient (Wildman–Crippen LogP) is 10.3. The van der Waals surface area contributed by atoms with Gasteiger partial charge < -0.3 is 15.3 Å². The molecule has 0 fully saturated rings. The van der Waals surface area contributed by atoms with Crippen LogP contribution in [0.1, 0.15) is 81.2 Å². The van der Waals surface area contributed by atoms with Gasteiger partial charge >= 0.3 is 0 Å². The highest BCUT2D eigenvalue weighted by molar-refractivity contribution is 5.91. The van der Waals surface area contributed by atoms with Crippen molar-refractivity contribution in [1.29, 1.82) is 0 Å². The van der Waals surface area contributed by atoms with Gasteiger partial charge in [-0.15, -0.1) is 0 Å². The maximum atomic E-state index is 9.44. The largest absolute Gasteiger partial charge is 0.508 e. The third-order valence-corrected chi connectivity index (χ3v) is 7.19. The Balaban J connectivity index is 0.000000220. The first kappa shape index (κ1) is 30.3. The van der Waals surface area contributed by atoms with Crippen LogP contribution in [0.25, 0.3) is 22.3 Å². The summed E-state index contributed by atoms with van der Waals surface area (Å²) in [5.74, 6) is 0.886. The molecular formula is C37H42O3. The first-order valence-corrected chi connectivity index (χ1v) is 14.2. The van der Waals surface area contributed by atoms with Gasteiger partial charge in [-0.25, -0.2) is 0 Å². The van der Waals surface area contributed by atoms with Crippen LogP contribution in [0.3, 0.4) is 0 Å². The summed E-state index contributed by atoms with van der Waals surface area (Å²) in [5, 5.41) is 28.3. The fourth-order valence-electron chi connectivity index (χ4n) is 5.11. The van der Waals surface area contributed by atoms with E-state index in [2.05, 4.69) is 58.9 Å². The first-order chi connectivity index (χ1) is 19.3. The molecule has 0 unspecified atom stereocenters. The lowest BCUT2D eigenvalue weighted by Gasteiger charge is -2.14. The molecule has 208 valence electrons. The van der Waals surface area contributed by atoms with Crippen molar-refractivity contribution >= 4 is 22.3 Å². The van der Waals surface area contributed by atoms with E-state index in [1.807, 2.05) is 36.4 Å². The number of phenols is 3. The van der Waals surface area contributed by atoms with Crippen LogP contribution in [0.5, 0.6) is 17.2 Å². The molecule has 0 spiro atoms. The lowest BCUT2D eigenvalue weighted by atomic mass is 9.91. The van der Waals surface area contributed by atoms with Crippen molar-refractivity contribution in [3.8, 4) is 17.2 Å². The molecule has 0 bridgehead atoms. The van der Waals surface area contributed by atoms with Gasteiger partial charge in [-0.3, -0.25) is 0 Å². The van der Waals surface area contributed by atoms with E-state index in [1.54, 1.807) is 36.4 Å². The van der Waals surface area contributed by atoms with Crippen LogP contribution < -0.4 is 0 Å². The number of hydrogen-bond acceptors (Lipinski definition) is 3. The minimum Gasteiger partial charge on any atom is -0.508 e. The molecule has 0 amide bonds. The Morgan fingerprint density at radius 1 is 0.375 bits per heavy atom. The molecular weight excluding hydrogens is 492 g/mol. The Bertz CT molecular complexity index is 1180. The third-order valence-electron chi connectivity index (χ3n) is 7.19. The monoisotopic (exact) mass is 534 g/mol. The molecule has 0 aliphatic rings. The van der Waals surface area contributed by atoms with Crippen LogP contribution in [-0.2, 0) is 0 Å². The van der Waals surface area contributed by atoms with E-state index in [0.717, 1.165) is 36.8 Å². The fourth-order valence-corrected chi connectivity index (χ4v) is 5.11. The molecule has 0 aromatic heterocycles. The van der Waals surface area contributed by atoms with Gasteiger partial charge in [-0.1, -0.05) is 93.9 Å². The zero-order chi connectivity index (χ0) is 29.1. The van der Waals surface area contributed by atoms with Crippen molar-refractivity contribution in [3.63, 3.8) is 0 Å². The van der Waals surface area contributed by atoms with Gasteiger partial charge in [0, 0.05) is 0 Å². The van der Waals surface area contributed by atoms with Gasteiger partial charge in [0.15, 0.2) is 0 Å². The summed E-state index contributed by atoms with van der Waals surface area (Å²) < 4.78 is 0. The van der Waals surface area contributed by atoms with Crippen molar-refractivity contribution < 1.29 is 15.3 Å². The maximum absolute atomic E-state index is 9.44. The maximum Gasteiger partial charge on any atom is 0.115 e. The lowest BCUT2D eigenvalue weighted by molar-refractivity contribution is 0.474. The molecule has 3 heteroatoms. The molecule has 0 heterocycles. The summed E-state index contributed by atoms with van der Waals surface area (Å²) in [7, 11) is 0. The third kappa shape index (κ3) is 7.89. The number of aryl methyl sites for hydroxylation is 1. The average molecular weight is 535 g/mol. The normalized spacial score (nSPS) is 12.1. The van der Waals surface area contributed by atoms with Crippen molar-refractivity contribution in [1.82, 2.24) is 0 Å². The zero-order valence-electron chi connectivity index (χ0n) is 24.4. The highest BCUT2D eigenvalue weighted by Gasteiger charge is 2.10. The summed E-state index contributed by atoms with van der Waals surface area (Å²) >= 11 is 0. The van der Waals surface area contributed by atoms with Crippen molar-refractivity contribution in [2.45, 2.75) is 60.3 Å². The fraction of sp³-hybridized carbons (Fsp3) is 0.243. The van der Waals surface area contributed by atoms with Crippen LogP contribution >= 0.6 is 0 Å². The highest BCUT2D eigenvalue weighted by atomic mass is 16.3. The van der Waals surface area contributed by atoms with Gasteiger partial charge in [0.25, 0.3) is 0 Å². The second-order valence-electron chi connectivity index (χ2n) is 9.84. The Kier molecular flexibility index (Phi) is 11.2. The van der Waals surface area contributed by atoms with Crippen LogP contribution in [0.15, 0.2) is 97.1 Å². The number of allylic oxidation sites excluding steroid dienone is 4. The van der Waals surface area contributed by atoms with Crippen molar-refractivity contribution in [3.05, 3.63) is 125 Å². The van der Waals surface area contributed by atoms with Gasteiger partial charge in [-0.05, 0) is 114 Å². The van der Waals surface area contributed by atoms with Crippen LogP contribution in [-0.4, -0.2) is 15.3 Å². The number of phenolic OH excluding ortho intramolecular Hbond substituents is 3. The summed E-state index contributed by atoms with van der Waals surface area (Å²) in [6, 6.07) is 30.9. The molecule has 4 rings (SSSR count). The highest BCUT2D eigenvalue weighted by Crippen LogP contribution is 2.33. The van der Waals surface area contributed by atoms with E-state index >= 15 is 0 Å². The Morgan fingerprint density at radius 2 is 0.575 bits per heavy atom. The number of benzene rings is 4. The summed E-state index contributed by atoms with van der Waals surface area (Å²) in [6.07, 6.45) is 3.85. The molecule has 4 aromatic carbocycles. The molecule has 0 aliphatic carbocycles. The Hall–Kier alpha value is -4.24. The molecule has 0 aliphatic heterocycles. The molecule has 0 saturated heterocycles. The molecule has 40 heavy (non-hydrogen) atoms. The van der Waals surface area contributed by atoms with E-state index in [-0.39, 0.29) is 11.5 Å². The van der Waals surface area contributed by atoms with Crippen molar-refractivity contribution in [2.75, 3.05) is 0 Å². The number of rotatable bonds is 8. The predicted molar refractivity (Wildman–Crippen MR) is 170 cm³/mol. The van der Waals surface area contributed by atoms with E-state index in [0.29, 0.717) is 5.75 Å². The van der Waals surface area contributed by atoms with E-state index < -0.39 is 0 Å². The van der Waals surface area contributed by atoms with Crippen LogP contribution in [0, 0.1) is 6.92 Å². The van der Waals surface area contributed by atoms with Gasteiger partial charge in [-0.2, -0.15) is 0 Å². The van der Waals surface area contributed by atoms with E-state index in [4.69, 9.17) is 0 Å². The molecule has 0 radical (unpaired) electrons. The van der Waals surface area contributed by atoms with E-state index in [9.17, 15) is 15.3 Å². The standard InChI is InChI=1S/C19H22O.C18H20O2/c1-4-18(15-8-6-14(3)7-9-15)19(5-2)16-10-12-17(20)13-11-16;1-3-17(13-5-9-15(19)10-6-13)18(4-2)14-7-11-16(20)12-8-14/h6-13,20H,4-5H2,1-3H3;5-12,19-20H,3-4H2,1-2H3/b19-18+;18-17-. The summed E-state index contributed by atoms with van der Waals surface area (Å²) in [6.45, 7) is 10.8. The van der Waals surface area contributed by atoms with Gasteiger partial charge in [0.1, 0.15) is 17.2 Å². The van der Waals surface area contributed by atoms with Gasteiger partial charge in [0.2, 0.25) is 0 Å². The van der Waals surface area contributed by atoms with Crippen molar-refractivity contribution in [2.24, 2.45) is 0 Å². The quantitative estimate of drug-likeness (QED) is 0.197. The summed E-state index contributed by atoms with van der Waals surface area (Å²) in [5.41, 5.74) is 11.3. The van der Waals surface area contributed by atoms with Crippen LogP contribution in [0.4, 0.5) is 0 Å². The zero-order valence-corrected chi connectivity index (χ0v) is 24.4. The number of hydrogen-bond donors (Lipinski definition) is 3. The van der Waals surface area contributed by atoms with E-state index in [1.165, 1.54) is 39.0 Å². The second-order valence-corrected chi connectivity index (χ2v) is 9.84. The Morgan fingerprint density at radius 3 is 0.775 bits per heavy atom. The topological polar surface area (TPSA) is 60.7 Å². The molecule has 4 aromatic rings. The van der Waals surface area contributed by atoms with Crippen LogP contribution in [0.2, 0.25) is 0 Å². The minimum absolute atomic E-state index is 0.284. The second kappa shape index (κ2) is 14.8. The first-order valence-electron chi connectivity index (χ1n) is 14.2. The molecule has 0 saturated carbocycles. The SMILES string of the molecule is CC/C(=C(/CC)c1ccc(O)cc1)c1ccc(C)cc1.CC/C(=C(\CC)c1ccc(O)cc1)c1ccc(O)cc1. The van der Waals surface area contributed by atoms with Gasteiger partial charge in [0.05, 0.1) is 0 Å². The molecule has 3 N–H and O–H groups in total. The minimum atomic E-state index is 0.284.